The lowest BCUT2D eigenvalue weighted by Gasteiger charge is -2.26. The molecular weight excluding hydrogens is 458 g/mol. The zero-order chi connectivity index (χ0) is 23.9. The molecule has 5 heteroatoms. The summed E-state index contributed by atoms with van der Waals surface area (Å²) in [5, 5.41) is 0.761. The topological polar surface area (TPSA) is 18.8 Å². The number of hydrogen-bond donors (Lipinski definition) is 0. The van der Waals surface area contributed by atoms with Crippen molar-refractivity contribution in [2.24, 2.45) is 4.99 Å². The number of allylic oxidation sites excluding steroid dienone is 2. The van der Waals surface area contributed by atoms with E-state index >= 15 is 0 Å². The second-order valence-electron chi connectivity index (χ2n) is 8.66. The van der Waals surface area contributed by atoms with Gasteiger partial charge >= 0.3 is 0 Å². The minimum Gasteiger partial charge on any atom is -0.306 e. The molecule has 0 saturated heterocycles. The van der Waals surface area contributed by atoms with Crippen molar-refractivity contribution in [3.8, 4) is 0 Å². The Balaban J connectivity index is 1.35. The van der Waals surface area contributed by atoms with E-state index in [2.05, 4.69) is 96.2 Å². The summed E-state index contributed by atoms with van der Waals surface area (Å²) in [5.41, 5.74) is 8.92. The van der Waals surface area contributed by atoms with Gasteiger partial charge in [0.15, 0.2) is 0 Å². The zero-order valence-corrected chi connectivity index (χ0v) is 21.7. The highest BCUT2D eigenvalue weighted by atomic mass is 35.5. The first-order chi connectivity index (χ1) is 16.5. The summed E-state index contributed by atoms with van der Waals surface area (Å²) in [7, 11) is 2.09. The van der Waals surface area contributed by atoms with Crippen LogP contribution in [-0.2, 0) is 13.0 Å². The maximum Gasteiger partial charge on any atom is 0.0520 e. The molecule has 0 aromatic heterocycles. The summed E-state index contributed by atoms with van der Waals surface area (Å²) >= 11 is 7.77. The van der Waals surface area contributed by atoms with E-state index in [-0.39, 0.29) is 0 Å². The number of benzene rings is 3. The smallest absolute Gasteiger partial charge is 0.0520 e. The van der Waals surface area contributed by atoms with Crippen LogP contribution in [0.4, 0.5) is 5.69 Å². The molecule has 0 unspecified atom stereocenters. The van der Waals surface area contributed by atoms with Crippen LogP contribution >= 0.6 is 23.7 Å². The molecule has 3 aromatic rings. The minimum absolute atomic E-state index is 0.761. The number of rotatable bonds is 10. The third kappa shape index (κ3) is 6.53. The van der Waals surface area contributed by atoms with Crippen molar-refractivity contribution in [1.29, 1.82) is 0 Å². The Morgan fingerprint density at radius 2 is 1.65 bits per heavy atom. The van der Waals surface area contributed by atoms with Crippen LogP contribution in [0.1, 0.15) is 43.4 Å². The molecular formula is C29H32ClN3S. The van der Waals surface area contributed by atoms with Gasteiger partial charge in [-0.1, -0.05) is 73.1 Å². The predicted octanol–water partition coefficient (Wildman–Crippen LogP) is 7.96. The molecule has 0 saturated carbocycles. The van der Waals surface area contributed by atoms with E-state index in [9.17, 15) is 0 Å². The van der Waals surface area contributed by atoms with E-state index in [0.29, 0.717) is 0 Å². The molecule has 176 valence electrons. The van der Waals surface area contributed by atoms with Gasteiger partial charge in [0.25, 0.3) is 0 Å². The average Bonchev–Trinajstić information content (AvgIpc) is 3.24. The highest BCUT2D eigenvalue weighted by Gasteiger charge is 2.16. The van der Waals surface area contributed by atoms with Crippen molar-refractivity contribution < 1.29 is 0 Å². The molecule has 3 aromatic carbocycles. The van der Waals surface area contributed by atoms with Crippen LogP contribution in [0.5, 0.6) is 0 Å². The Labute approximate surface area is 213 Å². The fourth-order valence-electron chi connectivity index (χ4n) is 4.14. The molecule has 1 aliphatic heterocycles. The van der Waals surface area contributed by atoms with Crippen molar-refractivity contribution in [2.75, 3.05) is 17.9 Å². The van der Waals surface area contributed by atoms with Crippen molar-refractivity contribution in [1.82, 2.24) is 4.31 Å². The third-order valence-corrected chi connectivity index (χ3v) is 7.41. The monoisotopic (exact) mass is 489 g/mol. The lowest BCUT2D eigenvalue weighted by molar-refractivity contribution is 0.492. The molecule has 0 fully saturated rings. The molecule has 0 spiro atoms. The quantitative estimate of drug-likeness (QED) is 0.269. The highest BCUT2D eigenvalue weighted by Crippen LogP contribution is 2.28. The zero-order valence-electron chi connectivity index (χ0n) is 20.2. The summed E-state index contributed by atoms with van der Waals surface area (Å²) in [6.45, 7) is 6.27. The maximum absolute atomic E-state index is 6.04. The highest BCUT2D eigenvalue weighted by molar-refractivity contribution is 7.98. The molecule has 1 heterocycles. The van der Waals surface area contributed by atoms with E-state index in [4.69, 9.17) is 16.6 Å². The molecule has 34 heavy (non-hydrogen) atoms. The van der Waals surface area contributed by atoms with Crippen LogP contribution in [0.25, 0.3) is 0 Å². The maximum atomic E-state index is 6.04. The van der Waals surface area contributed by atoms with E-state index < -0.39 is 0 Å². The molecule has 0 N–H and O–H groups in total. The fourth-order valence-corrected chi connectivity index (χ4v) is 5.15. The Hall–Kier alpha value is -2.53. The molecule has 0 aliphatic carbocycles. The fraction of sp³-hybridized carbons (Fsp3) is 0.276. The van der Waals surface area contributed by atoms with Crippen LogP contribution in [0.3, 0.4) is 0 Å². The third-order valence-electron chi connectivity index (χ3n) is 6.08. The molecule has 1 aliphatic rings. The van der Waals surface area contributed by atoms with E-state index in [1.54, 1.807) is 12.1 Å². The SMILES string of the molecule is CCN(Cc1cccc(CCC2=C(C)CC(c3ccccc3)=N2)c1)SN(C)c1ccc(Cl)cc1. The number of halogens is 1. The van der Waals surface area contributed by atoms with Crippen molar-refractivity contribution in [3.63, 3.8) is 0 Å². The van der Waals surface area contributed by atoms with Gasteiger partial charge in [-0.25, -0.2) is 4.31 Å². The Kier molecular flexibility index (Phi) is 8.49. The lowest BCUT2D eigenvalue weighted by atomic mass is 10.0. The van der Waals surface area contributed by atoms with Crippen molar-refractivity contribution in [2.45, 2.75) is 39.7 Å². The lowest BCUT2D eigenvalue weighted by Crippen LogP contribution is -2.22. The second kappa shape index (κ2) is 11.7. The van der Waals surface area contributed by atoms with Gasteiger partial charge in [-0.05, 0) is 66.3 Å². The molecule has 0 atom stereocenters. The van der Waals surface area contributed by atoms with Crippen molar-refractivity contribution in [3.05, 3.63) is 112 Å². The van der Waals surface area contributed by atoms with E-state index in [1.807, 2.05) is 12.1 Å². The van der Waals surface area contributed by atoms with Crippen LogP contribution in [0.2, 0.25) is 5.02 Å². The van der Waals surface area contributed by atoms with Crippen molar-refractivity contribution >= 4 is 35.1 Å². The number of anilines is 1. The summed E-state index contributed by atoms with van der Waals surface area (Å²) in [6, 6.07) is 27.5. The first-order valence-electron chi connectivity index (χ1n) is 11.8. The molecule has 0 amide bonds. The number of nitrogens with zero attached hydrogens (tertiary/aromatic N) is 3. The summed E-state index contributed by atoms with van der Waals surface area (Å²) in [4.78, 5) is 4.98. The van der Waals surface area contributed by atoms with Gasteiger partial charge in [0.2, 0.25) is 0 Å². The van der Waals surface area contributed by atoms with E-state index in [0.717, 1.165) is 43.1 Å². The Morgan fingerprint density at radius 1 is 0.912 bits per heavy atom. The van der Waals surface area contributed by atoms with Gasteiger partial charge in [0, 0.05) is 55.1 Å². The number of aryl methyl sites for hydroxylation is 1. The van der Waals surface area contributed by atoms with Gasteiger partial charge in [0.1, 0.15) is 0 Å². The van der Waals surface area contributed by atoms with Gasteiger partial charge in [0.05, 0.1) is 5.71 Å². The van der Waals surface area contributed by atoms with Crippen LogP contribution in [0.15, 0.2) is 95.1 Å². The van der Waals surface area contributed by atoms with Gasteiger partial charge in [-0.15, -0.1) is 0 Å². The van der Waals surface area contributed by atoms with Crippen LogP contribution < -0.4 is 4.31 Å². The molecule has 4 rings (SSSR count). The van der Waals surface area contributed by atoms with Crippen LogP contribution in [0, 0.1) is 0 Å². The van der Waals surface area contributed by atoms with E-state index in [1.165, 1.54) is 33.7 Å². The standard InChI is InChI=1S/C29H32ClN3S/c1-4-33(34-32(3)27-16-14-26(30)15-17-27)21-24-10-8-9-23(20-24)13-18-28-22(2)19-29(31-28)25-11-6-5-7-12-25/h5-12,14-17,20H,4,13,18-19,21H2,1-3H3. The first kappa shape index (κ1) is 24.6. The summed E-state index contributed by atoms with van der Waals surface area (Å²) in [5.74, 6) is 0. The number of aliphatic imine (C=N–C) groups is 1. The van der Waals surface area contributed by atoms with Gasteiger partial charge in [-0.2, -0.15) is 0 Å². The number of hydrogen-bond acceptors (Lipinski definition) is 4. The largest absolute Gasteiger partial charge is 0.306 e. The second-order valence-corrected chi connectivity index (χ2v) is 10.3. The molecule has 0 radical (unpaired) electrons. The first-order valence-corrected chi connectivity index (χ1v) is 12.9. The Morgan fingerprint density at radius 3 is 2.38 bits per heavy atom. The summed E-state index contributed by atoms with van der Waals surface area (Å²) < 4.78 is 4.55. The summed E-state index contributed by atoms with van der Waals surface area (Å²) in [6.07, 6.45) is 2.95. The molecule has 0 bridgehead atoms. The average molecular weight is 490 g/mol. The molecule has 3 nitrogen and oxygen atoms in total. The minimum atomic E-state index is 0.761. The van der Waals surface area contributed by atoms with Gasteiger partial charge < -0.3 is 4.31 Å². The predicted molar refractivity (Wildman–Crippen MR) is 149 cm³/mol. The van der Waals surface area contributed by atoms with Crippen LogP contribution in [-0.4, -0.2) is 23.6 Å². The normalized spacial score (nSPS) is 13.5. The Bertz CT molecular complexity index is 1160. The van der Waals surface area contributed by atoms with Gasteiger partial charge in [-0.3, -0.25) is 4.99 Å².